The lowest BCUT2D eigenvalue weighted by Gasteiger charge is -2.07. The van der Waals surface area contributed by atoms with Gasteiger partial charge >= 0.3 is 18.7 Å². The number of aliphatic carboxylic acids is 1. The average Bonchev–Trinajstić information content (AvgIpc) is 3.18. The summed E-state index contributed by atoms with van der Waals surface area (Å²) in [6.07, 6.45) is -1.95. The van der Waals surface area contributed by atoms with Crippen LogP contribution in [0.4, 0.5) is 26.3 Å². The molecule has 1 N–H and O–H groups in total. The Bertz CT molecular complexity index is 1390. The van der Waals surface area contributed by atoms with Crippen LogP contribution in [0.15, 0.2) is 54.1 Å². The fourth-order valence-corrected chi connectivity index (χ4v) is 4.10. The van der Waals surface area contributed by atoms with Gasteiger partial charge in [-0.2, -0.15) is 22.0 Å². The van der Waals surface area contributed by atoms with Crippen LogP contribution in [0.2, 0.25) is 0 Å². The third-order valence-electron chi connectivity index (χ3n) is 4.94. The first-order chi connectivity index (χ1) is 16.5. The highest BCUT2D eigenvalue weighted by atomic mass is 32.2. The van der Waals surface area contributed by atoms with Gasteiger partial charge in [0.25, 0.3) is 0 Å². The molecule has 0 unspecified atom stereocenters. The normalized spacial score (nSPS) is 12.0. The van der Waals surface area contributed by atoms with Crippen LogP contribution < -0.4 is 0 Å². The summed E-state index contributed by atoms with van der Waals surface area (Å²) in [4.78, 5) is 22.7. The maximum Gasteiger partial charge on any atom is 0.433 e. The highest BCUT2D eigenvalue weighted by molar-refractivity contribution is 7.98. The van der Waals surface area contributed by atoms with Gasteiger partial charge in [0.15, 0.2) is 5.16 Å². The van der Waals surface area contributed by atoms with Crippen molar-refractivity contribution in [3.63, 3.8) is 0 Å². The zero-order valence-electron chi connectivity index (χ0n) is 17.4. The van der Waals surface area contributed by atoms with E-state index in [0.717, 1.165) is 42.4 Å². The number of halogens is 6. The van der Waals surface area contributed by atoms with Crippen molar-refractivity contribution in [2.45, 2.75) is 30.1 Å². The molecular weight excluding hydrogens is 498 g/mol. The number of aromatic nitrogens is 4. The molecule has 0 amide bonds. The van der Waals surface area contributed by atoms with Crippen LogP contribution >= 0.6 is 11.8 Å². The number of hydrogen-bond donors (Lipinski definition) is 1. The molecule has 0 aliphatic rings. The maximum atomic E-state index is 13.8. The number of fused-ring (bicyclic) bond motifs is 1. The predicted molar refractivity (Wildman–Crippen MR) is 114 cm³/mol. The van der Waals surface area contributed by atoms with Gasteiger partial charge in [-0.15, -0.1) is 0 Å². The molecule has 0 aliphatic heterocycles. The Morgan fingerprint density at radius 1 is 1.11 bits per heavy atom. The summed E-state index contributed by atoms with van der Waals surface area (Å²) in [5, 5.41) is 9.07. The summed E-state index contributed by atoms with van der Waals surface area (Å²) < 4.78 is 80.0. The molecule has 0 spiro atoms. The molecular formula is C22H14F6N4O2S. The summed E-state index contributed by atoms with van der Waals surface area (Å²) in [6, 6.07) is 5.90. The van der Waals surface area contributed by atoms with Crippen molar-refractivity contribution in [1.82, 2.24) is 19.5 Å². The van der Waals surface area contributed by atoms with Gasteiger partial charge in [0, 0.05) is 29.3 Å². The second-order valence-electron chi connectivity index (χ2n) is 7.33. The van der Waals surface area contributed by atoms with Gasteiger partial charge in [-0.25, -0.2) is 14.4 Å². The lowest BCUT2D eigenvalue weighted by atomic mass is 10.1. The Labute approximate surface area is 197 Å². The molecule has 1 aromatic carbocycles. The van der Waals surface area contributed by atoms with Crippen LogP contribution in [-0.4, -0.2) is 30.6 Å². The molecule has 3 aromatic heterocycles. The number of carboxylic acids is 1. The molecule has 0 fully saturated rings. The summed E-state index contributed by atoms with van der Waals surface area (Å²) in [5.41, 5.74) is -0.136. The molecule has 0 bridgehead atoms. The minimum absolute atomic E-state index is 0.0121. The number of rotatable bonds is 7. The quantitative estimate of drug-likeness (QED) is 0.187. The van der Waals surface area contributed by atoms with Gasteiger partial charge in [-0.05, 0) is 23.3 Å². The number of carbonyl (C=O) groups is 1. The fraction of sp³-hybridized carbons (Fsp3) is 0.182. The van der Waals surface area contributed by atoms with E-state index in [4.69, 9.17) is 5.11 Å². The number of thioether (sulfide) groups is 1. The first-order valence-electron chi connectivity index (χ1n) is 9.84. The van der Waals surface area contributed by atoms with Gasteiger partial charge < -0.3 is 5.11 Å². The Balaban J connectivity index is 1.66. The SMILES string of the molecule is O=C(O)Cc1cc(CSc2ncc3c(n2)c(-c2ccc(C(F)(F)F)nc2)cn3C(F)F)ccc1F. The molecule has 35 heavy (non-hydrogen) atoms. The largest absolute Gasteiger partial charge is 0.481 e. The molecule has 0 saturated carbocycles. The minimum Gasteiger partial charge on any atom is -0.481 e. The molecule has 4 aromatic rings. The van der Waals surface area contributed by atoms with Gasteiger partial charge in [0.2, 0.25) is 0 Å². The Morgan fingerprint density at radius 2 is 1.89 bits per heavy atom. The van der Waals surface area contributed by atoms with Crippen molar-refractivity contribution in [2.75, 3.05) is 0 Å². The van der Waals surface area contributed by atoms with Crippen molar-refractivity contribution in [2.24, 2.45) is 0 Å². The number of nitrogens with zero attached hydrogens (tertiary/aromatic N) is 4. The van der Waals surface area contributed by atoms with E-state index in [0.29, 0.717) is 10.1 Å². The Hall–Kier alpha value is -3.61. The van der Waals surface area contributed by atoms with Crippen molar-refractivity contribution >= 4 is 28.8 Å². The third-order valence-corrected chi connectivity index (χ3v) is 5.88. The van der Waals surface area contributed by atoms with Crippen LogP contribution in [-0.2, 0) is 23.1 Å². The molecule has 0 saturated heterocycles. The highest BCUT2D eigenvalue weighted by Crippen LogP contribution is 2.35. The first-order valence-corrected chi connectivity index (χ1v) is 10.8. The highest BCUT2D eigenvalue weighted by Gasteiger charge is 2.32. The van der Waals surface area contributed by atoms with E-state index in [1.54, 1.807) is 0 Å². The lowest BCUT2D eigenvalue weighted by Crippen LogP contribution is -2.07. The monoisotopic (exact) mass is 512 g/mol. The predicted octanol–water partition coefficient (Wildman–Crippen LogP) is 5.97. The van der Waals surface area contributed by atoms with Crippen LogP contribution in [0.5, 0.6) is 0 Å². The van der Waals surface area contributed by atoms with E-state index in [9.17, 15) is 31.1 Å². The molecule has 0 radical (unpaired) electrons. The van der Waals surface area contributed by atoms with Gasteiger partial charge in [-0.3, -0.25) is 14.3 Å². The van der Waals surface area contributed by atoms with Crippen molar-refractivity contribution < 1.29 is 36.2 Å². The van der Waals surface area contributed by atoms with Crippen molar-refractivity contribution in [1.29, 1.82) is 0 Å². The number of pyridine rings is 1. The van der Waals surface area contributed by atoms with E-state index in [-0.39, 0.29) is 38.6 Å². The second-order valence-corrected chi connectivity index (χ2v) is 8.27. The smallest absolute Gasteiger partial charge is 0.433 e. The molecule has 182 valence electrons. The summed E-state index contributed by atoms with van der Waals surface area (Å²) in [7, 11) is 0. The zero-order chi connectivity index (χ0) is 25.3. The number of hydrogen-bond acceptors (Lipinski definition) is 5. The zero-order valence-corrected chi connectivity index (χ0v) is 18.2. The van der Waals surface area contributed by atoms with Gasteiger partial charge in [0.1, 0.15) is 17.0 Å². The van der Waals surface area contributed by atoms with Crippen molar-refractivity contribution in [3.8, 4) is 11.1 Å². The molecule has 3 heterocycles. The molecule has 13 heteroatoms. The van der Waals surface area contributed by atoms with Crippen molar-refractivity contribution in [3.05, 3.63) is 71.6 Å². The van der Waals surface area contributed by atoms with E-state index >= 15 is 0 Å². The molecule has 6 nitrogen and oxygen atoms in total. The number of carboxylic acid groups (broad SMARTS) is 1. The second kappa shape index (κ2) is 9.56. The van der Waals surface area contributed by atoms with E-state index < -0.39 is 36.6 Å². The molecule has 0 aliphatic carbocycles. The van der Waals surface area contributed by atoms with E-state index in [2.05, 4.69) is 15.0 Å². The average molecular weight is 512 g/mol. The summed E-state index contributed by atoms with van der Waals surface area (Å²) in [6.45, 7) is -2.94. The Morgan fingerprint density at radius 3 is 2.51 bits per heavy atom. The van der Waals surface area contributed by atoms with Crippen LogP contribution in [0.3, 0.4) is 0 Å². The van der Waals surface area contributed by atoms with Gasteiger partial charge in [0.05, 0.1) is 18.1 Å². The van der Waals surface area contributed by atoms with E-state index in [1.807, 2.05) is 0 Å². The standard InChI is InChI=1S/C22H14F6N4O2S/c23-15-3-1-11(5-13(15)6-18(33)34)10-35-21-30-8-16-19(31-21)14(9-32(16)20(24)25)12-2-4-17(29-7-12)22(26,27)28/h1-5,7-9,20H,6,10H2,(H,33,34). The number of benzene rings is 1. The molecule has 4 rings (SSSR count). The summed E-state index contributed by atoms with van der Waals surface area (Å²) in [5.74, 6) is -1.61. The topological polar surface area (TPSA) is 80.9 Å². The first kappa shape index (κ1) is 24.5. The van der Waals surface area contributed by atoms with Crippen LogP contribution in [0.1, 0.15) is 23.4 Å². The lowest BCUT2D eigenvalue weighted by molar-refractivity contribution is -0.141. The number of alkyl halides is 5. The van der Waals surface area contributed by atoms with Gasteiger partial charge in [-0.1, -0.05) is 30.0 Å². The van der Waals surface area contributed by atoms with Crippen LogP contribution in [0, 0.1) is 5.82 Å². The maximum absolute atomic E-state index is 13.8. The molecule has 0 atom stereocenters. The summed E-state index contributed by atoms with van der Waals surface area (Å²) >= 11 is 1.10. The van der Waals surface area contributed by atoms with Crippen LogP contribution in [0.25, 0.3) is 22.2 Å². The fourth-order valence-electron chi connectivity index (χ4n) is 3.34. The third kappa shape index (κ3) is 5.39. The minimum atomic E-state index is -4.65. The van der Waals surface area contributed by atoms with E-state index in [1.165, 1.54) is 18.3 Å². The Kier molecular flexibility index (Phi) is 6.70.